The van der Waals surface area contributed by atoms with E-state index in [-0.39, 0.29) is 64.2 Å². The Kier molecular flexibility index (Phi) is 19.1. The summed E-state index contributed by atoms with van der Waals surface area (Å²) in [7, 11) is 0. The Morgan fingerprint density at radius 1 is 0.690 bits per heavy atom. The van der Waals surface area contributed by atoms with Crippen LogP contribution in [0.2, 0.25) is 0 Å². The summed E-state index contributed by atoms with van der Waals surface area (Å²) in [5.74, 6) is -4.02. The van der Waals surface area contributed by atoms with Crippen molar-refractivity contribution in [2.45, 2.75) is 106 Å². The molecule has 0 radical (unpaired) electrons. The number of aliphatic hydroxyl groups excluding tert-OH is 2. The number of amides is 6. The van der Waals surface area contributed by atoms with Crippen LogP contribution in [-0.2, 0) is 40.6 Å². The topological polar surface area (TPSA) is 345 Å². The summed E-state index contributed by atoms with van der Waals surface area (Å²) in [5, 5.41) is 38.0. The van der Waals surface area contributed by atoms with E-state index in [0.717, 1.165) is 11.1 Å². The predicted molar refractivity (Wildman–Crippen MR) is 216 cm³/mol. The van der Waals surface area contributed by atoms with Crippen LogP contribution in [0.1, 0.15) is 56.6 Å². The maximum Gasteiger partial charge on any atom is 0.245 e. The van der Waals surface area contributed by atoms with Gasteiger partial charge in [-0.3, -0.25) is 34.1 Å². The molecule has 2 aromatic rings. The van der Waals surface area contributed by atoms with Crippen LogP contribution in [0, 0.1) is 0 Å². The summed E-state index contributed by atoms with van der Waals surface area (Å²) in [6, 6.07) is 11.2. The summed E-state index contributed by atoms with van der Waals surface area (Å²) < 4.78 is 0. The molecule has 8 atom stereocenters. The molecular formula is C39H61N11O8. The summed E-state index contributed by atoms with van der Waals surface area (Å²) in [4.78, 5) is 78.8. The van der Waals surface area contributed by atoms with Crippen LogP contribution in [0.3, 0.4) is 0 Å². The van der Waals surface area contributed by atoms with Gasteiger partial charge in [0.15, 0.2) is 0 Å². The Morgan fingerprint density at radius 3 is 1.79 bits per heavy atom. The minimum Gasteiger partial charge on any atom is -0.391 e. The second-order valence-corrected chi connectivity index (χ2v) is 14.6. The molecule has 2 aromatic carbocycles. The molecule has 1 aliphatic carbocycles. The Labute approximate surface area is 338 Å². The molecule has 19 nitrogen and oxygen atoms in total. The molecule has 1 saturated carbocycles. The minimum absolute atomic E-state index is 0.0111. The second-order valence-electron chi connectivity index (χ2n) is 14.6. The van der Waals surface area contributed by atoms with E-state index < -0.39 is 83.5 Å². The lowest BCUT2D eigenvalue weighted by molar-refractivity contribution is -0.134. The van der Waals surface area contributed by atoms with Gasteiger partial charge in [0.05, 0.1) is 29.6 Å². The van der Waals surface area contributed by atoms with Crippen molar-refractivity contribution in [3.05, 3.63) is 71.8 Å². The molecule has 6 amide bonds. The second kappa shape index (κ2) is 23.4. The van der Waals surface area contributed by atoms with Crippen molar-refractivity contribution in [1.82, 2.24) is 31.9 Å². The lowest BCUT2D eigenvalue weighted by Crippen LogP contribution is -2.60. The Bertz CT molecular complexity index is 1650. The number of carbonyl (C=O) groups is 6. The Hall–Kier alpha value is -5.02. The molecule has 3 rings (SSSR count). The zero-order valence-corrected chi connectivity index (χ0v) is 32.9. The molecule has 1 unspecified atom stereocenters. The van der Waals surface area contributed by atoms with Crippen molar-refractivity contribution in [3.63, 3.8) is 0 Å². The van der Waals surface area contributed by atoms with Gasteiger partial charge in [-0.1, -0.05) is 60.7 Å². The zero-order valence-electron chi connectivity index (χ0n) is 32.9. The molecule has 320 valence electrons. The molecule has 19 heteroatoms. The fourth-order valence-electron chi connectivity index (χ4n) is 6.41. The zero-order chi connectivity index (χ0) is 42.8. The van der Waals surface area contributed by atoms with E-state index in [1.807, 2.05) is 36.4 Å². The van der Waals surface area contributed by atoms with E-state index in [9.17, 15) is 39.0 Å². The van der Waals surface area contributed by atoms with Gasteiger partial charge in [-0.05, 0) is 76.2 Å². The maximum absolute atomic E-state index is 13.8. The summed E-state index contributed by atoms with van der Waals surface area (Å²) in [6.07, 6.45) is -1.59. The first kappa shape index (κ1) is 47.4. The molecule has 1 aliphatic rings. The summed E-state index contributed by atoms with van der Waals surface area (Å²) in [5.41, 5.74) is 29.1. The van der Waals surface area contributed by atoms with E-state index >= 15 is 0 Å². The van der Waals surface area contributed by atoms with Crippen LogP contribution >= 0.6 is 0 Å². The Balaban J connectivity index is 1.76. The molecule has 0 spiro atoms. The van der Waals surface area contributed by atoms with Crippen LogP contribution in [-0.4, -0.2) is 120 Å². The molecule has 18 N–H and O–H groups in total. The normalized spacial score (nSPS) is 17.2. The average Bonchev–Trinajstić information content (AvgIpc) is 4.02. The van der Waals surface area contributed by atoms with E-state index in [1.165, 1.54) is 6.92 Å². The van der Waals surface area contributed by atoms with Gasteiger partial charge < -0.3 is 65.5 Å². The summed E-state index contributed by atoms with van der Waals surface area (Å²) in [6.45, 7) is 1.29. The quantitative estimate of drug-likeness (QED) is 0.0403. The molecule has 0 saturated heterocycles. The number of hydrogen-bond acceptors (Lipinski definition) is 13. The molecule has 0 aliphatic heterocycles. The lowest BCUT2D eigenvalue weighted by Gasteiger charge is -2.31. The standard InChI is InChI=1S/C39H61N11O8/c1-23(51)31(50-36(56)28(14-20-42)46-33(53)26(43)12-18-40)37(57)45-21-15-29(49-38(58)39(16-17-39)25-10-6-3-7-11-25)35(55)47-27(13-19-41)34(54)48-30(32(44)52)22-24-8-4-2-5-9-24/h2-11,23,26-31,35,47,51,55H,12-22,40-43H2,1H3,(H2,44,52)(H,45,57)(H,46,53)(H,48,54)(H,49,58)(H,50,56)/t23-,26+,27+,28+,29+,30-,31+,35?/m1/s1. The predicted octanol–water partition coefficient (Wildman–Crippen LogP) is -4.08. The molecule has 0 bridgehead atoms. The smallest absolute Gasteiger partial charge is 0.245 e. The van der Waals surface area contributed by atoms with Gasteiger partial charge in [0.1, 0.15) is 24.4 Å². The number of aliphatic hydroxyl groups is 2. The Morgan fingerprint density at radius 2 is 1.24 bits per heavy atom. The highest BCUT2D eigenvalue weighted by Gasteiger charge is 2.52. The van der Waals surface area contributed by atoms with Gasteiger partial charge in [-0.2, -0.15) is 0 Å². The SMILES string of the molecule is C[C@@H](O)[C@H](NC(=O)[C@H](CCN)NC(=O)[C@@H](N)CCN)C(=O)NCC[C@H](NC(=O)C1(c2ccccc2)CC1)C(O)N[C@@H](CCN)C(=O)N[C@H](Cc1ccccc1)C(N)=O. The molecule has 1 fully saturated rings. The largest absolute Gasteiger partial charge is 0.391 e. The van der Waals surface area contributed by atoms with Crippen molar-refractivity contribution in [2.75, 3.05) is 26.2 Å². The highest BCUT2D eigenvalue weighted by Crippen LogP contribution is 2.48. The first-order chi connectivity index (χ1) is 27.7. The number of hydrogen-bond donors (Lipinski definition) is 13. The first-order valence-electron chi connectivity index (χ1n) is 19.5. The van der Waals surface area contributed by atoms with Gasteiger partial charge in [0, 0.05) is 13.0 Å². The monoisotopic (exact) mass is 811 g/mol. The van der Waals surface area contributed by atoms with Crippen molar-refractivity contribution < 1.29 is 39.0 Å². The molecule has 0 heterocycles. The first-order valence-corrected chi connectivity index (χ1v) is 19.5. The number of rotatable bonds is 26. The van der Waals surface area contributed by atoms with E-state index in [2.05, 4.69) is 31.9 Å². The van der Waals surface area contributed by atoms with Gasteiger partial charge in [-0.25, -0.2) is 0 Å². The van der Waals surface area contributed by atoms with Gasteiger partial charge >= 0.3 is 0 Å². The third-order valence-electron chi connectivity index (χ3n) is 10.0. The van der Waals surface area contributed by atoms with E-state index in [1.54, 1.807) is 24.3 Å². The van der Waals surface area contributed by atoms with E-state index in [0.29, 0.717) is 12.8 Å². The highest BCUT2D eigenvalue weighted by molar-refractivity contribution is 5.94. The van der Waals surface area contributed by atoms with Crippen molar-refractivity contribution in [1.29, 1.82) is 0 Å². The fourth-order valence-corrected chi connectivity index (χ4v) is 6.41. The van der Waals surface area contributed by atoms with Crippen LogP contribution in [0.5, 0.6) is 0 Å². The third kappa shape index (κ3) is 14.1. The maximum atomic E-state index is 13.8. The highest BCUT2D eigenvalue weighted by atomic mass is 16.3. The average molecular weight is 812 g/mol. The number of nitrogens with one attached hydrogen (secondary N) is 6. The van der Waals surface area contributed by atoms with Gasteiger partial charge in [0.25, 0.3) is 0 Å². The van der Waals surface area contributed by atoms with Crippen LogP contribution in [0.4, 0.5) is 0 Å². The van der Waals surface area contributed by atoms with Gasteiger partial charge in [-0.15, -0.1) is 0 Å². The van der Waals surface area contributed by atoms with Crippen LogP contribution < -0.4 is 60.6 Å². The van der Waals surface area contributed by atoms with Crippen LogP contribution in [0.25, 0.3) is 0 Å². The number of benzene rings is 2. The van der Waals surface area contributed by atoms with Crippen molar-refractivity contribution in [2.24, 2.45) is 28.7 Å². The lowest BCUT2D eigenvalue weighted by atomic mass is 9.94. The molecule has 58 heavy (non-hydrogen) atoms. The third-order valence-corrected chi connectivity index (χ3v) is 10.0. The van der Waals surface area contributed by atoms with Gasteiger partial charge in [0.2, 0.25) is 35.4 Å². The van der Waals surface area contributed by atoms with Crippen molar-refractivity contribution >= 4 is 35.4 Å². The van der Waals surface area contributed by atoms with Crippen LogP contribution in [0.15, 0.2) is 60.7 Å². The summed E-state index contributed by atoms with van der Waals surface area (Å²) >= 11 is 0. The fraction of sp³-hybridized carbons (Fsp3) is 0.538. The number of carbonyl (C=O) groups excluding carboxylic acids is 6. The van der Waals surface area contributed by atoms with E-state index in [4.69, 9.17) is 28.7 Å². The molecule has 0 aromatic heterocycles. The number of nitrogens with two attached hydrogens (primary N) is 5. The number of primary amides is 1. The molecular weight excluding hydrogens is 750 g/mol. The minimum atomic E-state index is -1.57. The van der Waals surface area contributed by atoms with Crippen molar-refractivity contribution in [3.8, 4) is 0 Å².